The summed E-state index contributed by atoms with van der Waals surface area (Å²) in [4.78, 5) is 25.5. The predicted molar refractivity (Wildman–Crippen MR) is 99.7 cm³/mol. The lowest BCUT2D eigenvalue weighted by Gasteiger charge is -2.27. The Morgan fingerprint density at radius 1 is 1.20 bits per heavy atom. The number of halogens is 1. The van der Waals surface area contributed by atoms with Crippen molar-refractivity contribution in [1.82, 2.24) is 5.32 Å². The number of esters is 1. The van der Waals surface area contributed by atoms with Crippen LogP contribution < -0.4 is 5.32 Å². The number of fused-ring (bicyclic) bond motifs is 2. The molecule has 2 heterocycles. The quantitative estimate of drug-likeness (QED) is 0.563. The van der Waals surface area contributed by atoms with Gasteiger partial charge in [0.05, 0.1) is 24.3 Å². The monoisotopic (exact) mass is 447 g/mol. The van der Waals surface area contributed by atoms with Crippen LogP contribution in [-0.2, 0) is 9.53 Å². The molecule has 1 aliphatic heterocycles. The lowest BCUT2D eigenvalue weighted by atomic mass is 9.83. The van der Waals surface area contributed by atoms with E-state index in [4.69, 9.17) is 9.15 Å². The Kier molecular flexibility index (Phi) is 3.79. The van der Waals surface area contributed by atoms with Crippen molar-refractivity contribution < 1.29 is 18.7 Å². The van der Waals surface area contributed by atoms with Gasteiger partial charge in [-0.3, -0.25) is 4.79 Å². The Balaban J connectivity index is 1.96. The van der Waals surface area contributed by atoms with Gasteiger partial charge < -0.3 is 14.5 Å². The highest BCUT2D eigenvalue weighted by Gasteiger charge is 2.44. The molecule has 1 atom stereocenters. The van der Waals surface area contributed by atoms with Crippen LogP contribution >= 0.6 is 22.6 Å². The Bertz CT molecular complexity index is 983. The topological polar surface area (TPSA) is 68.5 Å². The summed E-state index contributed by atoms with van der Waals surface area (Å²) in [6, 6.07) is 11.0. The van der Waals surface area contributed by atoms with Crippen LogP contribution in [0.15, 0.2) is 57.7 Å². The maximum atomic E-state index is 13.1. The molecule has 1 N–H and O–H groups in total. The van der Waals surface area contributed by atoms with E-state index < -0.39 is 11.9 Å². The van der Waals surface area contributed by atoms with E-state index in [1.165, 1.54) is 7.11 Å². The summed E-state index contributed by atoms with van der Waals surface area (Å²) >= 11 is 2.07. The van der Waals surface area contributed by atoms with Crippen LogP contribution in [0.3, 0.4) is 0 Å². The molecule has 0 radical (unpaired) electrons. The van der Waals surface area contributed by atoms with Gasteiger partial charge in [0, 0.05) is 22.4 Å². The molecular weight excluding hydrogens is 433 g/mol. The molecule has 25 heavy (non-hydrogen) atoms. The minimum atomic E-state index is -0.591. The van der Waals surface area contributed by atoms with Crippen molar-refractivity contribution in [2.75, 3.05) is 7.11 Å². The average molecular weight is 447 g/mol. The minimum absolute atomic E-state index is 0.0941. The molecule has 1 aromatic carbocycles. The minimum Gasteiger partial charge on any atom is -0.466 e. The van der Waals surface area contributed by atoms with Crippen molar-refractivity contribution in [2.24, 2.45) is 0 Å². The smallest absolute Gasteiger partial charge is 0.336 e. The molecule has 0 saturated carbocycles. The average Bonchev–Trinajstić information content (AvgIpc) is 3.16. The largest absolute Gasteiger partial charge is 0.466 e. The zero-order valence-corrected chi connectivity index (χ0v) is 15.7. The van der Waals surface area contributed by atoms with Gasteiger partial charge >= 0.3 is 5.97 Å². The number of nitrogens with one attached hydrogen (secondary N) is 1. The molecule has 2 aliphatic rings. The molecule has 0 spiro atoms. The highest BCUT2D eigenvalue weighted by molar-refractivity contribution is 14.1. The fourth-order valence-corrected chi connectivity index (χ4v) is 3.91. The summed E-state index contributed by atoms with van der Waals surface area (Å²) in [7, 11) is 1.33. The number of methoxy groups -OCH3 is 1. The number of ketones is 1. The Labute approximate surface area is 157 Å². The van der Waals surface area contributed by atoms with E-state index in [0.717, 1.165) is 11.3 Å². The van der Waals surface area contributed by atoms with Gasteiger partial charge in [-0.05, 0) is 41.6 Å². The first kappa shape index (κ1) is 16.1. The van der Waals surface area contributed by atoms with Crippen molar-refractivity contribution in [3.05, 3.63) is 73.9 Å². The second-order valence-electron chi connectivity index (χ2n) is 5.89. The van der Waals surface area contributed by atoms with E-state index in [2.05, 4.69) is 27.9 Å². The van der Waals surface area contributed by atoms with E-state index in [1.807, 2.05) is 31.2 Å². The summed E-state index contributed by atoms with van der Waals surface area (Å²) in [6.45, 7) is 1.81. The Hall–Kier alpha value is -2.35. The van der Waals surface area contributed by atoms with E-state index in [0.29, 0.717) is 31.9 Å². The zero-order chi connectivity index (χ0) is 17.7. The molecular formula is C19H14INO4. The van der Waals surface area contributed by atoms with Gasteiger partial charge in [-0.1, -0.05) is 24.3 Å². The first-order valence-corrected chi connectivity index (χ1v) is 8.80. The number of benzene rings is 1. The number of dihydropyridines is 1. The van der Waals surface area contributed by atoms with Gasteiger partial charge in [0.15, 0.2) is 9.55 Å². The fraction of sp³-hybridized carbons (Fsp3) is 0.158. The first-order chi connectivity index (χ1) is 12.0. The maximum absolute atomic E-state index is 13.1. The second kappa shape index (κ2) is 5.87. The molecule has 6 heteroatoms. The van der Waals surface area contributed by atoms with Crippen molar-refractivity contribution >= 4 is 40.0 Å². The standard InChI is InChI=1S/C19H14INO4/c1-9-14(19(23)24-2)15(12-7-8-13(20)25-12)16-17(21-9)10-5-3-4-6-11(10)18(16)22/h3-8,15,21H,1-2H3/t15-/m0/s1. The van der Waals surface area contributed by atoms with Crippen molar-refractivity contribution in [3.63, 3.8) is 0 Å². The molecule has 0 saturated heterocycles. The van der Waals surface area contributed by atoms with Gasteiger partial charge in [0.1, 0.15) is 5.76 Å². The van der Waals surface area contributed by atoms with Gasteiger partial charge in [0.2, 0.25) is 0 Å². The summed E-state index contributed by atoms with van der Waals surface area (Å²) in [6.07, 6.45) is 0. The van der Waals surface area contributed by atoms with E-state index in [1.54, 1.807) is 12.1 Å². The van der Waals surface area contributed by atoms with Crippen LogP contribution in [0, 0.1) is 3.77 Å². The number of rotatable bonds is 2. The summed E-state index contributed by atoms with van der Waals surface area (Å²) < 4.78 is 11.4. The number of hydrogen-bond acceptors (Lipinski definition) is 5. The molecule has 0 unspecified atom stereocenters. The predicted octanol–water partition coefficient (Wildman–Crippen LogP) is 3.63. The van der Waals surface area contributed by atoms with Crippen LogP contribution in [0.2, 0.25) is 0 Å². The second-order valence-corrected chi connectivity index (χ2v) is 6.96. The highest BCUT2D eigenvalue weighted by atomic mass is 127. The number of ether oxygens (including phenoxy) is 1. The van der Waals surface area contributed by atoms with E-state index in [9.17, 15) is 9.59 Å². The molecule has 2 aromatic rings. The third-order valence-corrected chi connectivity index (χ3v) is 5.11. The lowest BCUT2D eigenvalue weighted by molar-refractivity contribution is -0.136. The van der Waals surface area contributed by atoms with E-state index >= 15 is 0 Å². The number of Topliss-reactive ketones (excluding diaryl/α,β-unsaturated/α-hetero) is 1. The zero-order valence-electron chi connectivity index (χ0n) is 13.6. The molecule has 1 aliphatic carbocycles. The number of carbonyl (C=O) groups excluding carboxylic acids is 2. The van der Waals surface area contributed by atoms with Gasteiger partial charge in [-0.25, -0.2) is 4.79 Å². The first-order valence-electron chi connectivity index (χ1n) is 7.72. The number of hydrogen-bond donors (Lipinski definition) is 1. The molecule has 4 rings (SSSR count). The normalized spacial score (nSPS) is 18.8. The van der Waals surface area contributed by atoms with Crippen LogP contribution in [0.5, 0.6) is 0 Å². The molecule has 5 nitrogen and oxygen atoms in total. The Morgan fingerprint density at radius 2 is 1.92 bits per heavy atom. The Morgan fingerprint density at radius 3 is 2.56 bits per heavy atom. The summed E-state index contributed by atoms with van der Waals surface area (Å²) in [5.74, 6) is -0.605. The molecule has 0 amide bonds. The van der Waals surface area contributed by atoms with Crippen LogP contribution in [0.1, 0.15) is 34.5 Å². The molecule has 126 valence electrons. The van der Waals surface area contributed by atoms with Crippen LogP contribution in [0.4, 0.5) is 0 Å². The fourth-order valence-electron chi connectivity index (χ4n) is 3.48. The number of allylic oxidation sites excluding steroid dienone is 2. The maximum Gasteiger partial charge on any atom is 0.336 e. The van der Waals surface area contributed by atoms with E-state index in [-0.39, 0.29) is 5.78 Å². The number of furan rings is 1. The third kappa shape index (κ3) is 2.35. The van der Waals surface area contributed by atoms with Gasteiger partial charge in [-0.2, -0.15) is 0 Å². The SMILES string of the molecule is COC(=O)C1=C(C)NC2=C(C(=O)c3ccccc32)[C@H]1c1ccc(I)o1. The van der Waals surface area contributed by atoms with Crippen molar-refractivity contribution in [3.8, 4) is 0 Å². The summed E-state index contributed by atoms with van der Waals surface area (Å²) in [5, 5.41) is 3.23. The van der Waals surface area contributed by atoms with Crippen molar-refractivity contribution in [2.45, 2.75) is 12.8 Å². The lowest BCUT2D eigenvalue weighted by Crippen LogP contribution is -2.28. The van der Waals surface area contributed by atoms with Crippen LogP contribution in [0.25, 0.3) is 5.70 Å². The third-order valence-electron chi connectivity index (χ3n) is 4.53. The van der Waals surface area contributed by atoms with Crippen molar-refractivity contribution in [1.29, 1.82) is 0 Å². The highest BCUT2D eigenvalue weighted by Crippen LogP contribution is 2.46. The molecule has 1 aromatic heterocycles. The van der Waals surface area contributed by atoms with Gasteiger partial charge in [-0.15, -0.1) is 0 Å². The van der Waals surface area contributed by atoms with Crippen LogP contribution in [-0.4, -0.2) is 18.9 Å². The van der Waals surface area contributed by atoms with Gasteiger partial charge in [0.25, 0.3) is 0 Å². The molecule has 0 fully saturated rings. The summed E-state index contributed by atoms with van der Waals surface area (Å²) in [5.41, 5.74) is 3.79. The molecule has 0 bridgehead atoms. The number of carbonyl (C=O) groups is 2.